The molecule has 0 radical (unpaired) electrons. The van der Waals surface area contributed by atoms with Gasteiger partial charge in [-0.25, -0.2) is 9.97 Å². The summed E-state index contributed by atoms with van der Waals surface area (Å²) in [6.07, 6.45) is 0. The highest BCUT2D eigenvalue weighted by Gasteiger charge is 2.22. The van der Waals surface area contributed by atoms with Gasteiger partial charge in [-0.3, -0.25) is 4.57 Å². The van der Waals surface area contributed by atoms with Crippen LogP contribution in [0.25, 0.3) is 86.8 Å². The Labute approximate surface area is 262 Å². The maximum Gasteiger partial charge on any atom is 0.162 e. The number of hydrogen-bond donors (Lipinski definition) is 0. The van der Waals surface area contributed by atoms with Crippen LogP contribution >= 0.6 is 11.3 Å². The monoisotopic (exact) mass is 592 g/mol. The van der Waals surface area contributed by atoms with E-state index in [0.717, 1.165) is 49.5 Å². The first-order chi connectivity index (χ1) is 22.3. The van der Waals surface area contributed by atoms with E-state index in [1.165, 1.54) is 37.3 Å². The van der Waals surface area contributed by atoms with Gasteiger partial charge in [0.25, 0.3) is 0 Å². The molecule has 4 heterocycles. The zero-order valence-corrected chi connectivity index (χ0v) is 24.9. The van der Waals surface area contributed by atoms with Gasteiger partial charge in [0.1, 0.15) is 0 Å². The van der Waals surface area contributed by atoms with Crippen LogP contribution in [0.4, 0.5) is 0 Å². The first-order valence-electron chi connectivity index (χ1n) is 15.1. The number of rotatable bonds is 3. The fraction of sp³-hybridized carbons (Fsp3) is 0. The minimum atomic E-state index is 0.731. The molecule has 10 rings (SSSR count). The highest BCUT2D eigenvalue weighted by Crippen LogP contribution is 2.42. The fourth-order valence-corrected chi connectivity index (χ4v) is 8.08. The maximum atomic E-state index is 5.36. The molecule has 6 aromatic carbocycles. The molecule has 0 bridgehead atoms. The molecule has 5 heteroatoms. The molecule has 0 saturated heterocycles. The number of fused-ring (bicyclic) bond motifs is 9. The van der Waals surface area contributed by atoms with Crippen molar-refractivity contribution >= 4 is 75.3 Å². The van der Waals surface area contributed by atoms with Crippen molar-refractivity contribution in [2.24, 2.45) is 0 Å². The molecule has 0 aliphatic rings. The molecule has 45 heavy (non-hydrogen) atoms. The Morgan fingerprint density at radius 3 is 1.71 bits per heavy atom. The molecule has 0 atom stereocenters. The molecule has 0 unspecified atom stereocenters. The number of aromatic nitrogens is 4. The number of nitrogens with zero attached hydrogens (tertiary/aromatic N) is 4. The Bertz CT molecular complexity index is 2750. The number of thiophene rings is 1. The summed E-state index contributed by atoms with van der Waals surface area (Å²) in [5.41, 5.74) is 7.81. The van der Waals surface area contributed by atoms with Crippen LogP contribution in [-0.4, -0.2) is 19.1 Å². The van der Waals surface area contributed by atoms with E-state index in [-0.39, 0.29) is 0 Å². The molecular weight excluding hydrogens is 569 g/mol. The van der Waals surface area contributed by atoms with Gasteiger partial charge >= 0.3 is 0 Å². The summed E-state index contributed by atoms with van der Waals surface area (Å²) in [6, 6.07) is 51.7. The van der Waals surface area contributed by atoms with Crippen molar-refractivity contribution in [3.63, 3.8) is 0 Å². The van der Waals surface area contributed by atoms with Gasteiger partial charge in [-0.1, -0.05) is 103 Å². The smallest absolute Gasteiger partial charge is 0.162 e. The van der Waals surface area contributed by atoms with Crippen molar-refractivity contribution in [3.8, 4) is 22.9 Å². The summed E-state index contributed by atoms with van der Waals surface area (Å²) in [4.78, 5) is 10.5. The molecule has 0 N–H and O–H groups in total. The van der Waals surface area contributed by atoms with Crippen LogP contribution < -0.4 is 0 Å². The van der Waals surface area contributed by atoms with Crippen LogP contribution in [0.5, 0.6) is 0 Å². The summed E-state index contributed by atoms with van der Waals surface area (Å²) < 4.78 is 7.05. The minimum Gasteiger partial charge on any atom is -0.309 e. The Morgan fingerprint density at radius 2 is 1.00 bits per heavy atom. The van der Waals surface area contributed by atoms with E-state index in [1.807, 2.05) is 18.2 Å². The third-order valence-corrected chi connectivity index (χ3v) is 10.1. The molecule has 0 aliphatic heterocycles. The van der Waals surface area contributed by atoms with E-state index in [9.17, 15) is 0 Å². The highest BCUT2D eigenvalue weighted by atomic mass is 32.1. The second kappa shape index (κ2) is 9.36. The first kappa shape index (κ1) is 24.6. The normalized spacial score (nSPS) is 12.0. The Kier molecular flexibility index (Phi) is 5.12. The minimum absolute atomic E-state index is 0.731. The Hall–Kier alpha value is -5.78. The Balaban J connectivity index is 1.38. The van der Waals surface area contributed by atoms with Crippen molar-refractivity contribution in [3.05, 3.63) is 146 Å². The predicted octanol–water partition coefficient (Wildman–Crippen LogP) is 10.7. The van der Waals surface area contributed by atoms with Gasteiger partial charge in [0.05, 0.1) is 32.3 Å². The molecule has 0 aliphatic carbocycles. The van der Waals surface area contributed by atoms with Crippen molar-refractivity contribution in [1.29, 1.82) is 0 Å². The number of para-hydroxylation sites is 3. The van der Waals surface area contributed by atoms with E-state index in [4.69, 9.17) is 9.97 Å². The summed E-state index contributed by atoms with van der Waals surface area (Å²) in [6.45, 7) is 0. The highest BCUT2D eigenvalue weighted by molar-refractivity contribution is 7.26. The average molecular weight is 593 g/mol. The molecule has 0 spiro atoms. The van der Waals surface area contributed by atoms with Gasteiger partial charge < -0.3 is 4.57 Å². The van der Waals surface area contributed by atoms with Crippen LogP contribution in [-0.2, 0) is 0 Å². The standard InChI is InChI=1S/C40H24N4S/c1-3-13-25(14-4-1)39-41-37-29-19-9-12-22-36(29)45-38(37)40(42-39)44-33-21-11-8-18-28(33)31-23-34-30(24-35(31)44)27-17-7-10-20-32(27)43(34)26-15-5-2-6-16-26/h1-24H. The first-order valence-corrected chi connectivity index (χ1v) is 15.9. The lowest BCUT2D eigenvalue weighted by Gasteiger charge is -2.11. The van der Waals surface area contributed by atoms with E-state index in [0.29, 0.717) is 0 Å². The number of hydrogen-bond acceptors (Lipinski definition) is 3. The maximum absolute atomic E-state index is 5.36. The lowest BCUT2D eigenvalue weighted by atomic mass is 10.1. The third kappa shape index (κ3) is 3.53. The summed E-state index contributed by atoms with van der Waals surface area (Å²) in [7, 11) is 0. The average Bonchev–Trinajstić information content (AvgIpc) is 3.75. The lowest BCUT2D eigenvalue weighted by molar-refractivity contribution is 1.08. The van der Waals surface area contributed by atoms with Gasteiger partial charge in [-0.2, -0.15) is 0 Å². The molecule has 0 fully saturated rings. The number of benzene rings is 6. The topological polar surface area (TPSA) is 35.6 Å². The molecule has 0 amide bonds. The van der Waals surface area contributed by atoms with Gasteiger partial charge in [-0.15, -0.1) is 11.3 Å². The predicted molar refractivity (Wildman–Crippen MR) is 189 cm³/mol. The molecule has 0 saturated carbocycles. The van der Waals surface area contributed by atoms with Crippen LogP contribution in [0.3, 0.4) is 0 Å². The van der Waals surface area contributed by atoms with Crippen molar-refractivity contribution in [1.82, 2.24) is 19.1 Å². The van der Waals surface area contributed by atoms with Crippen LogP contribution in [0.2, 0.25) is 0 Å². The van der Waals surface area contributed by atoms with Crippen LogP contribution in [0.15, 0.2) is 146 Å². The quantitative estimate of drug-likeness (QED) is 0.205. The van der Waals surface area contributed by atoms with E-state index < -0.39 is 0 Å². The summed E-state index contributed by atoms with van der Waals surface area (Å²) in [5.74, 6) is 1.65. The SMILES string of the molecule is c1ccc(-c2nc(-n3c4ccccc4c4cc5c(cc43)c3ccccc3n5-c3ccccc3)c3sc4ccccc4c3n2)cc1. The van der Waals surface area contributed by atoms with Gasteiger partial charge in [0.15, 0.2) is 11.6 Å². The summed E-state index contributed by atoms with van der Waals surface area (Å²) in [5, 5.41) is 6.01. The third-order valence-electron chi connectivity index (χ3n) is 8.93. The second-order valence-electron chi connectivity index (χ2n) is 11.4. The molecule has 4 nitrogen and oxygen atoms in total. The van der Waals surface area contributed by atoms with E-state index in [2.05, 4.69) is 137 Å². The van der Waals surface area contributed by atoms with E-state index in [1.54, 1.807) is 11.3 Å². The zero-order chi connectivity index (χ0) is 29.5. The van der Waals surface area contributed by atoms with Crippen molar-refractivity contribution in [2.75, 3.05) is 0 Å². The van der Waals surface area contributed by atoms with Gasteiger partial charge in [0, 0.05) is 42.9 Å². The molecular formula is C40H24N4S. The molecule has 10 aromatic rings. The van der Waals surface area contributed by atoms with Crippen LogP contribution in [0, 0.1) is 0 Å². The largest absolute Gasteiger partial charge is 0.309 e. The Morgan fingerprint density at radius 1 is 0.444 bits per heavy atom. The van der Waals surface area contributed by atoms with Crippen LogP contribution in [0.1, 0.15) is 0 Å². The van der Waals surface area contributed by atoms with Crippen molar-refractivity contribution in [2.45, 2.75) is 0 Å². The van der Waals surface area contributed by atoms with Gasteiger partial charge in [0.2, 0.25) is 0 Å². The molecule has 210 valence electrons. The fourth-order valence-electron chi connectivity index (χ4n) is 6.96. The summed E-state index contributed by atoms with van der Waals surface area (Å²) >= 11 is 1.77. The van der Waals surface area contributed by atoms with E-state index >= 15 is 0 Å². The second-order valence-corrected chi connectivity index (χ2v) is 12.5. The zero-order valence-electron chi connectivity index (χ0n) is 24.1. The molecule has 4 aromatic heterocycles. The van der Waals surface area contributed by atoms with Crippen molar-refractivity contribution < 1.29 is 0 Å². The van der Waals surface area contributed by atoms with Gasteiger partial charge in [-0.05, 0) is 42.5 Å². The lowest BCUT2D eigenvalue weighted by Crippen LogP contribution is -2.01.